The number of ether oxygens (including phenoxy) is 3. The average molecular weight is 973 g/mol. The molecular formula is C60H98N3O7+3. The van der Waals surface area contributed by atoms with Gasteiger partial charge in [0.1, 0.15) is 39.5 Å². The van der Waals surface area contributed by atoms with E-state index in [1.54, 1.807) is 0 Å². The van der Waals surface area contributed by atoms with Crippen molar-refractivity contribution in [3.8, 4) is 0 Å². The van der Waals surface area contributed by atoms with Gasteiger partial charge in [-0.1, -0.05) is 175 Å². The Morgan fingerprint density at radius 3 is 0.943 bits per heavy atom. The van der Waals surface area contributed by atoms with Crippen LogP contribution in [-0.4, -0.2) is 28.6 Å². The van der Waals surface area contributed by atoms with E-state index in [2.05, 4.69) is 34.5 Å². The number of aliphatic hydroxyl groups is 1. The lowest BCUT2D eigenvalue weighted by Crippen LogP contribution is -2.45. The average Bonchev–Trinajstić information content (AvgIpc) is 3.36. The Kier molecular flexibility index (Phi) is 33.9. The number of rotatable bonds is 44. The van der Waals surface area contributed by atoms with Crippen LogP contribution >= 0.6 is 0 Å². The second-order valence-corrected chi connectivity index (χ2v) is 20.2. The smallest absolute Gasteiger partial charge is 0.339 e. The molecule has 392 valence electrons. The van der Waals surface area contributed by atoms with Crippen molar-refractivity contribution in [2.45, 2.75) is 271 Å². The number of pyridine rings is 3. The van der Waals surface area contributed by atoms with Gasteiger partial charge in [0.25, 0.3) is 0 Å². The van der Waals surface area contributed by atoms with Crippen LogP contribution in [0.25, 0.3) is 0 Å². The molecule has 0 radical (unpaired) electrons. The third-order valence-electron chi connectivity index (χ3n) is 13.5. The van der Waals surface area contributed by atoms with Gasteiger partial charge in [0.15, 0.2) is 42.8 Å². The molecule has 0 amide bonds. The molecule has 3 heterocycles. The van der Waals surface area contributed by atoms with Crippen molar-refractivity contribution in [1.82, 2.24) is 0 Å². The molecule has 10 heteroatoms. The highest BCUT2D eigenvalue weighted by molar-refractivity contribution is 5.90. The molecule has 0 aliphatic carbocycles. The highest BCUT2D eigenvalue weighted by Crippen LogP contribution is 2.22. The van der Waals surface area contributed by atoms with Crippen LogP contribution in [0, 0.1) is 0 Å². The summed E-state index contributed by atoms with van der Waals surface area (Å²) in [5.41, 5.74) is -0.178. The first kappa shape index (κ1) is 60.1. The second-order valence-electron chi connectivity index (χ2n) is 20.2. The lowest BCUT2D eigenvalue weighted by Gasteiger charge is -2.24. The van der Waals surface area contributed by atoms with Gasteiger partial charge in [0, 0.05) is 37.5 Å². The fourth-order valence-corrected chi connectivity index (χ4v) is 9.14. The number of esters is 3. The molecule has 0 saturated carbocycles. The Bertz CT molecular complexity index is 1730. The predicted octanol–water partition coefficient (Wildman–Crippen LogP) is 13.4. The first-order valence-electron chi connectivity index (χ1n) is 28.4. The highest BCUT2D eigenvalue weighted by Gasteiger charge is 2.43. The van der Waals surface area contributed by atoms with Crippen molar-refractivity contribution in [1.29, 1.82) is 0 Å². The van der Waals surface area contributed by atoms with E-state index >= 15 is 0 Å². The van der Waals surface area contributed by atoms with Gasteiger partial charge in [-0.2, -0.15) is 0 Å². The molecule has 0 unspecified atom stereocenters. The molecule has 3 aromatic heterocycles. The maximum absolute atomic E-state index is 13.8. The quantitative estimate of drug-likeness (QED) is 0.0260. The third-order valence-corrected chi connectivity index (χ3v) is 13.5. The van der Waals surface area contributed by atoms with Crippen LogP contribution in [-0.2, 0) is 68.0 Å². The van der Waals surface area contributed by atoms with E-state index < -0.39 is 36.4 Å². The maximum Gasteiger partial charge on any atom is 0.339 e. The largest absolute Gasteiger partial charge is 0.460 e. The topological polar surface area (TPSA) is 111 Å². The van der Waals surface area contributed by atoms with E-state index in [0.29, 0.717) is 0 Å². The number of nitrogens with zero attached hydrogens (tertiary/aromatic N) is 3. The number of unbranched alkanes of at least 4 members (excludes halogenated alkanes) is 27. The normalized spacial score (nSPS) is 11.5. The van der Waals surface area contributed by atoms with Gasteiger partial charge in [-0.25, -0.2) is 18.5 Å². The van der Waals surface area contributed by atoms with Gasteiger partial charge in [-0.15, -0.1) is 0 Å². The summed E-state index contributed by atoms with van der Waals surface area (Å²) in [6, 6.07) is 11.4. The van der Waals surface area contributed by atoms with Crippen molar-refractivity contribution < 1.29 is 47.4 Å². The Morgan fingerprint density at radius 2 is 0.657 bits per heavy atom. The van der Waals surface area contributed by atoms with Crippen LogP contribution in [0.15, 0.2) is 73.6 Å². The fourth-order valence-electron chi connectivity index (χ4n) is 9.14. The SMILES string of the molecule is CCCCCCCCCCCC[n+]1cccc(COC(=O)CC(O)(CC(=O)OCc2ccc[n+](CCCCCCCCCCCC)c2)C(=O)OCc2ccc[n+](CCCCCCCCCCCC)c2)c1. The molecule has 70 heavy (non-hydrogen) atoms. The number of hydrogen-bond donors (Lipinski definition) is 1. The van der Waals surface area contributed by atoms with Gasteiger partial charge in [-0.05, 0) is 37.5 Å². The van der Waals surface area contributed by atoms with Crippen molar-refractivity contribution in [3.05, 3.63) is 90.3 Å². The fraction of sp³-hybridized carbons (Fsp3) is 0.700. The van der Waals surface area contributed by atoms with E-state index in [0.717, 1.165) is 62.0 Å². The number of carbonyl (C=O) groups excluding carboxylic acids is 3. The monoisotopic (exact) mass is 973 g/mol. The summed E-state index contributed by atoms with van der Waals surface area (Å²) in [5.74, 6) is -2.71. The lowest BCUT2D eigenvalue weighted by atomic mass is 9.95. The first-order chi connectivity index (χ1) is 34.2. The summed E-state index contributed by atoms with van der Waals surface area (Å²) in [6.07, 6.45) is 48.5. The minimum atomic E-state index is -2.49. The first-order valence-corrected chi connectivity index (χ1v) is 28.4. The predicted molar refractivity (Wildman–Crippen MR) is 279 cm³/mol. The second kappa shape index (κ2) is 39.4. The van der Waals surface area contributed by atoms with Gasteiger partial charge in [-0.3, -0.25) is 9.59 Å². The van der Waals surface area contributed by atoms with Crippen LogP contribution in [0.3, 0.4) is 0 Å². The van der Waals surface area contributed by atoms with Crippen LogP contribution in [0.2, 0.25) is 0 Å². The summed E-state index contributed by atoms with van der Waals surface area (Å²) in [7, 11) is 0. The highest BCUT2D eigenvalue weighted by atomic mass is 16.6. The van der Waals surface area contributed by atoms with Crippen LogP contribution in [0.1, 0.15) is 243 Å². The number of aryl methyl sites for hydroxylation is 3. The molecule has 0 aliphatic heterocycles. The third kappa shape index (κ3) is 29.2. The molecule has 3 aromatic rings. The van der Waals surface area contributed by atoms with Gasteiger partial charge in [0.05, 0.1) is 29.5 Å². The van der Waals surface area contributed by atoms with E-state index in [1.165, 1.54) is 167 Å². The molecule has 0 bridgehead atoms. The summed E-state index contributed by atoms with van der Waals surface area (Å²) < 4.78 is 23.2. The van der Waals surface area contributed by atoms with E-state index in [9.17, 15) is 19.5 Å². The Labute approximate surface area is 425 Å². The zero-order valence-corrected chi connectivity index (χ0v) is 44.5. The summed E-state index contributed by atoms with van der Waals surface area (Å²) in [5, 5.41) is 11.9. The molecule has 0 aliphatic rings. The molecule has 0 aromatic carbocycles. The summed E-state index contributed by atoms with van der Waals surface area (Å²) in [6.45, 7) is 9.14. The molecule has 0 spiro atoms. The number of carbonyl (C=O) groups is 3. The maximum atomic E-state index is 13.8. The molecule has 10 nitrogen and oxygen atoms in total. The molecular weight excluding hydrogens is 875 g/mol. The molecule has 3 rings (SSSR count). The van der Waals surface area contributed by atoms with Crippen LogP contribution in [0.5, 0.6) is 0 Å². The molecule has 0 fully saturated rings. The van der Waals surface area contributed by atoms with Crippen molar-refractivity contribution in [2.75, 3.05) is 0 Å². The zero-order chi connectivity index (χ0) is 50.2. The minimum Gasteiger partial charge on any atom is -0.460 e. The molecule has 1 N–H and O–H groups in total. The molecule has 0 atom stereocenters. The van der Waals surface area contributed by atoms with E-state index in [-0.39, 0.29) is 19.8 Å². The van der Waals surface area contributed by atoms with Gasteiger partial charge < -0.3 is 19.3 Å². The van der Waals surface area contributed by atoms with Crippen molar-refractivity contribution in [2.24, 2.45) is 0 Å². The van der Waals surface area contributed by atoms with Crippen LogP contribution < -0.4 is 13.7 Å². The summed E-state index contributed by atoms with van der Waals surface area (Å²) in [4.78, 5) is 40.6. The lowest BCUT2D eigenvalue weighted by molar-refractivity contribution is -0.698. The van der Waals surface area contributed by atoms with Gasteiger partial charge in [0.2, 0.25) is 0 Å². The van der Waals surface area contributed by atoms with Crippen molar-refractivity contribution >= 4 is 17.9 Å². The zero-order valence-electron chi connectivity index (χ0n) is 44.5. The van der Waals surface area contributed by atoms with E-state index in [1.807, 2.05) is 73.6 Å². The van der Waals surface area contributed by atoms with Crippen LogP contribution in [0.4, 0.5) is 0 Å². The standard InChI is InChI=1S/C60H98N3O7/c1-4-7-10-13-16-19-22-25-28-31-40-61-43-34-37-54(48-61)51-68-57(64)46-60(67,59(66)70-53-56-39-36-45-63(50-56)42-33-30-27-24-21-18-15-12-9-6-3)47-58(65)69-52-55-38-35-44-62(49-55)41-32-29-26-23-20-17-14-11-8-5-2/h34-39,43-45,48-50,67H,4-33,40-42,46-47,51-53H2,1-3H3/q+3. The van der Waals surface area contributed by atoms with E-state index in [4.69, 9.17) is 14.2 Å². The Morgan fingerprint density at radius 1 is 0.400 bits per heavy atom. The number of hydrogen-bond acceptors (Lipinski definition) is 7. The van der Waals surface area contributed by atoms with Crippen molar-refractivity contribution in [3.63, 3.8) is 0 Å². The Balaban J connectivity index is 1.53. The minimum absolute atomic E-state index is 0.0382. The Hall–Kier alpha value is -4.18. The molecule has 0 saturated heterocycles. The number of aromatic nitrogens is 3. The summed E-state index contributed by atoms with van der Waals surface area (Å²) >= 11 is 0. The van der Waals surface area contributed by atoms with Gasteiger partial charge >= 0.3 is 17.9 Å².